The van der Waals surface area contributed by atoms with Crippen molar-refractivity contribution in [2.45, 2.75) is 32.4 Å². The maximum atomic E-state index is 11.3. The van der Waals surface area contributed by atoms with Gasteiger partial charge in [-0.15, -0.1) is 0 Å². The molecule has 0 radical (unpaired) electrons. The molecule has 1 fully saturated rings. The summed E-state index contributed by atoms with van der Waals surface area (Å²) in [5.74, 6) is 1.88. The summed E-state index contributed by atoms with van der Waals surface area (Å²) in [6.45, 7) is 5.36. The minimum absolute atomic E-state index is 0.273. The van der Waals surface area contributed by atoms with Crippen molar-refractivity contribution in [1.29, 1.82) is 0 Å². The van der Waals surface area contributed by atoms with Crippen LogP contribution in [0.5, 0.6) is 17.2 Å². The molecule has 1 aliphatic heterocycles. The van der Waals surface area contributed by atoms with E-state index < -0.39 is 6.16 Å². The highest BCUT2D eigenvalue weighted by atomic mass is 16.7. The molecule has 3 aromatic rings. The summed E-state index contributed by atoms with van der Waals surface area (Å²) in [7, 11) is 2.92. The largest absolute Gasteiger partial charge is 0.513 e. The van der Waals surface area contributed by atoms with Gasteiger partial charge in [-0.25, -0.2) is 4.79 Å². The first kappa shape index (κ1) is 22.7. The van der Waals surface area contributed by atoms with Gasteiger partial charge in [0.05, 0.1) is 20.8 Å². The third-order valence-corrected chi connectivity index (χ3v) is 5.58. The number of benzene rings is 2. The van der Waals surface area contributed by atoms with E-state index in [-0.39, 0.29) is 6.04 Å². The zero-order valence-electron chi connectivity index (χ0n) is 19.1. The minimum atomic E-state index is -0.775. The number of rotatable bonds is 8. The molecule has 4 rings (SSSR count). The number of nitrogens with zero attached hydrogens (tertiary/aromatic N) is 2. The van der Waals surface area contributed by atoms with Crippen LogP contribution in [0.2, 0.25) is 0 Å². The molecular weight excluding hydrogens is 426 g/mol. The molecule has 0 amide bonds. The Bertz CT molecular complexity index is 1090. The van der Waals surface area contributed by atoms with Gasteiger partial charge in [-0.3, -0.25) is 4.90 Å². The summed E-state index contributed by atoms with van der Waals surface area (Å²) >= 11 is 0. The van der Waals surface area contributed by atoms with Crippen LogP contribution in [0.3, 0.4) is 0 Å². The molecule has 2 aromatic carbocycles. The van der Waals surface area contributed by atoms with Crippen LogP contribution in [-0.4, -0.2) is 56.0 Å². The average Bonchev–Trinajstić information content (AvgIpc) is 3.22. The van der Waals surface area contributed by atoms with Crippen LogP contribution in [0.1, 0.15) is 25.3 Å². The van der Waals surface area contributed by atoms with Crippen molar-refractivity contribution in [1.82, 2.24) is 9.88 Å². The quantitative estimate of drug-likeness (QED) is 0.390. The summed E-state index contributed by atoms with van der Waals surface area (Å²) in [5.41, 5.74) is 2.44. The Labute approximate surface area is 192 Å². The highest BCUT2D eigenvalue weighted by Gasteiger charge is 2.21. The first-order chi connectivity index (χ1) is 16.1. The Hall–Kier alpha value is -3.46. The highest BCUT2D eigenvalue weighted by molar-refractivity contribution is 5.77. The Morgan fingerprint density at radius 1 is 1.15 bits per heavy atom. The first-order valence-corrected chi connectivity index (χ1v) is 11.0. The third kappa shape index (κ3) is 5.67. The number of aromatic nitrogens is 1. The van der Waals surface area contributed by atoms with Gasteiger partial charge in [0.15, 0.2) is 17.1 Å². The van der Waals surface area contributed by atoms with E-state index in [2.05, 4.69) is 32.1 Å². The maximum Gasteiger partial charge on any atom is 0.513 e. The fourth-order valence-corrected chi connectivity index (χ4v) is 3.92. The summed E-state index contributed by atoms with van der Waals surface area (Å²) in [5, 5.41) is 3.39. The van der Waals surface area contributed by atoms with Crippen molar-refractivity contribution >= 4 is 23.3 Å². The van der Waals surface area contributed by atoms with Gasteiger partial charge in [-0.05, 0) is 49.6 Å². The van der Waals surface area contributed by atoms with Crippen LogP contribution >= 0.6 is 0 Å². The minimum Gasteiger partial charge on any atom is -0.493 e. The smallest absolute Gasteiger partial charge is 0.493 e. The molecule has 1 N–H and O–H groups in total. The van der Waals surface area contributed by atoms with Gasteiger partial charge < -0.3 is 28.7 Å². The molecule has 0 atom stereocenters. The number of carbonyl (C=O) groups excluding carboxylic acids is 1. The van der Waals surface area contributed by atoms with Gasteiger partial charge in [0.25, 0.3) is 6.01 Å². The third-order valence-electron chi connectivity index (χ3n) is 5.58. The normalized spacial score (nSPS) is 14.8. The van der Waals surface area contributed by atoms with E-state index in [1.807, 2.05) is 13.0 Å². The second-order valence-electron chi connectivity index (χ2n) is 7.82. The summed E-state index contributed by atoms with van der Waals surface area (Å²) in [6, 6.07) is 11.9. The van der Waals surface area contributed by atoms with Gasteiger partial charge in [0, 0.05) is 31.7 Å². The van der Waals surface area contributed by atoms with E-state index in [1.54, 1.807) is 25.3 Å². The zero-order chi connectivity index (χ0) is 23.2. The van der Waals surface area contributed by atoms with Crippen LogP contribution in [-0.2, 0) is 11.3 Å². The van der Waals surface area contributed by atoms with Gasteiger partial charge in [-0.2, -0.15) is 4.98 Å². The molecule has 0 aliphatic carbocycles. The predicted octanol–water partition coefficient (Wildman–Crippen LogP) is 4.46. The molecule has 1 aliphatic rings. The lowest BCUT2D eigenvalue weighted by atomic mass is 10.0. The predicted molar refractivity (Wildman–Crippen MR) is 123 cm³/mol. The summed E-state index contributed by atoms with van der Waals surface area (Å²) in [6.07, 6.45) is 1.18. The lowest BCUT2D eigenvalue weighted by molar-refractivity contribution is 0.121. The van der Waals surface area contributed by atoms with Gasteiger partial charge in [-0.1, -0.05) is 6.07 Å². The Morgan fingerprint density at radius 3 is 2.70 bits per heavy atom. The number of anilines is 1. The molecule has 2 heterocycles. The number of fused-ring (bicyclic) bond motifs is 1. The number of piperidine rings is 1. The van der Waals surface area contributed by atoms with Crippen LogP contribution in [0, 0.1) is 0 Å². The Morgan fingerprint density at radius 2 is 1.97 bits per heavy atom. The zero-order valence-corrected chi connectivity index (χ0v) is 19.1. The average molecular weight is 456 g/mol. The highest BCUT2D eigenvalue weighted by Crippen LogP contribution is 2.29. The van der Waals surface area contributed by atoms with E-state index in [0.717, 1.165) is 44.0 Å². The standard InChI is InChI=1S/C24H29N3O6/c1-4-31-22-13-16(5-8-20(22)29-2)15-27-11-9-17(10-12-27)25-23-26-19-7-6-18(14-21(19)33-23)32-24(28)30-3/h5-8,13-14,17H,4,9-12,15H2,1-3H3,(H,25,26). The maximum absolute atomic E-state index is 11.3. The van der Waals surface area contributed by atoms with E-state index in [1.165, 1.54) is 12.7 Å². The summed E-state index contributed by atoms with van der Waals surface area (Å²) in [4.78, 5) is 18.2. The van der Waals surface area contributed by atoms with Crippen LogP contribution < -0.4 is 19.5 Å². The number of oxazole rings is 1. The van der Waals surface area contributed by atoms with Crippen LogP contribution in [0.4, 0.5) is 10.8 Å². The van der Waals surface area contributed by atoms with Crippen molar-refractivity contribution < 1.29 is 28.2 Å². The van der Waals surface area contributed by atoms with Crippen molar-refractivity contribution in [3.63, 3.8) is 0 Å². The van der Waals surface area contributed by atoms with E-state index in [4.69, 9.17) is 18.6 Å². The second kappa shape index (κ2) is 10.4. The number of hydrogen-bond donors (Lipinski definition) is 1. The molecular formula is C24H29N3O6. The second-order valence-corrected chi connectivity index (χ2v) is 7.82. The van der Waals surface area contributed by atoms with Gasteiger partial charge in [0.2, 0.25) is 0 Å². The topological polar surface area (TPSA) is 95.3 Å². The van der Waals surface area contributed by atoms with Crippen molar-refractivity contribution in [2.24, 2.45) is 0 Å². The molecule has 176 valence electrons. The van der Waals surface area contributed by atoms with Crippen molar-refractivity contribution in [2.75, 3.05) is 39.2 Å². The number of likely N-dealkylation sites (tertiary alicyclic amines) is 1. The summed E-state index contributed by atoms with van der Waals surface area (Å²) < 4.78 is 26.4. The number of ether oxygens (including phenoxy) is 4. The Balaban J connectivity index is 1.31. The molecule has 9 nitrogen and oxygen atoms in total. The lowest BCUT2D eigenvalue weighted by Gasteiger charge is -2.32. The van der Waals surface area contributed by atoms with Gasteiger partial charge in [0.1, 0.15) is 11.3 Å². The SMILES string of the molecule is CCOc1cc(CN2CCC(Nc3nc4ccc(OC(=O)OC)cc4o3)CC2)ccc1OC. The van der Waals surface area contributed by atoms with E-state index >= 15 is 0 Å². The number of carbonyl (C=O) groups is 1. The van der Waals surface area contributed by atoms with Crippen LogP contribution in [0.15, 0.2) is 40.8 Å². The molecule has 0 bridgehead atoms. The van der Waals surface area contributed by atoms with E-state index in [9.17, 15) is 4.79 Å². The molecule has 0 unspecified atom stereocenters. The number of nitrogens with one attached hydrogen (secondary N) is 1. The molecule has 0 saturated carbocycles. The molecule has 1 aromatic heterocycles. The van der Waals surface area contributed by atoms with Gasteiger partial charge >= 0.3 is 6.16 Å². The monoisotopic (exact) mass is 455 g/mol. The number of hydrogen-bond acceptors (Lipinski definition) is 9. The first-order valence-electron chi connectivity index (χ1n) is 11.0. The molecule has 0 spiro atoms. The van der Waals surface area contributed by atoms with E-state index in [0.29, 0.717) is 29.5 Å². The fourth-order valence-electron chi connectivity index (χ4n) is 3.92. The van der Waals surface area contributed by atoms with Crippen molar-refractivity contribution in [3.8, 4) is 17.2 Å². The van der Waals surface area contributed by atoms with Crippen molar-refractivity contribution in [3.05, 3.63) is 42.0 Å². The Kier molecular flexibility index (Phi) is 7.19. The van der Waals surface area contributed by atoms with Crippen LogP contribution in [0.25, 0.3) is 11.1 Å². The lowest BCUT2D eigenvalue weighted by Crippen LogP contribution is -2.38. The molecule has 9 heteroatoms. The molecule has 1 saturated heterocycles. The molecule has 33 heavy (non-hydrogen) atoms. The fraction of sp³-hybridized carbons (Fsp3) is 0.417. The number of methoxy groups -OCH3 is 2.